The fraction of sp³-hybridized carbons (Fsp3) is 0.538. The first-order valence-corrected chi connectivity index (χ1v) is 11.9. The van der Waals surface area contributed by atoms with Gasteiger partial charge in [0.15, 0.2) is 5.82 Å². The maximum absolute atomic E-state index is 13.1. The van der Waals surface area contributed by atoms with Crippen LogP contribution >= 0.6 is 0 Å². The number of carbonyl (C=O) groups is 2. The van der Waals surface area contributed by atoms with Gasteiger partial charge in [0.2, 0.25) is 11.8 Å². The first-order valence-electron chi connectivity index (χ1n) is 11.9. The predicted molar refractivity (Wildman–Crippen MR) is 125 cm³/mol. The number of anilines is 1. The van der Waals surface area contributed by atoms with Crippen LogP contribution in [0.5, 0.6) is 0 Å². The fourth-order valence-corrected chi connectivity index (χ4v) is 4.74. The third-order valence-electron chi connectivity index (χ3n) is 6.63. The Morgan fingerprint density at radius 2 is 1.94 bits per heavy atom. The summed E-state index contributed by atoms with van der Waals surface area (Å²) in [6, 6.07) is 10.0. The van der Waals surface area contributed by atoms with E-state index in [1.807, 2.05) is 34.9 Å². The summed E-state index contributed by atoms with van der Waals surface area (Å²) < 4.78 is 0. The molecule has 0 N–H and O–H groups in total. The Morgan fingerprint density at radius 3 is 2.69 bits per heavy atom. The second kappa shape index (κ2) is 9.80. The summed E-state index contributed by atoms with van der Waals surface area (Å²) in [5, 5.41) is 0. The molecule has 2 aliphatic rings. The minimum absolute atomic E-state index is 0.105. The summed E-state index contributed by atoms with van der Waals surface area (Å²) in [5.41, 5.74) is 3.20. The molecule has 2 aromatic rings. The van der Waals surface area contributed by atoms with E-state index in [0.29, 0.717) is 37.5 Å². The smallest absolute Gasteiger partial charge is 0.228 e. The lowest BCUT2D eigenvalue weighted by Gasteiger charge is -2.31. The van der Waals surface area contributed by atoms with E-state index in [2.05, 4.69) is 26.0 Å². The van der Waals surface area contributed by atoms with Gasteiger partial charge in [-0.1, -0.05) is 44.2 Å². The maximum atomic E-state index is 13.1. The average molecular weight is 435 g/mol. The number of hydrogen-bond acceptors (Lipinski definition) is 4. The first kappa shape index (κ1) is 22.4. The van der Waals surface area contributed by atoms with Crippen molar-refractivity contribution in [1.82, 2.24) is 14.9 Å². The Kier molecular flexibility index (Phi) is 6.87. The number of fused-ring (bicyclic) bond motifs is 1. The van der Waals surface area contributed by atoms with Crippen molar-refractivity contribution >= 4 is 17.6 Å². The zero-order valence-electron chi connectivity index (χ0n) is 19.5. The number of aryl methyl sites for hydroxylation is 2. The van der Waals surface area contributed by atoms with Crippen molar-refractivity contribution in [3.8, 4) is 0 Å². The topological polar surface area (TPSA) is 66.4 Å². The van der Waals surface area contributed by atoms with Crippen molar-refractivity contribution in [2.45, 2.75) is 71.8 Å². The van der Waals surface area contributed by atoms with Crippen molar-refractivity contribution in [3.63, 3.8) is 0 Å². The summed E-state index contributed by atoms with van der Waals surface area (Å²) in [6.45, 7) is 7.78. The van der Waals surface area contributed by atoms with Crippen molar-refractivity contribution < 1.29 is 9.59 Å². The lowest BCUT2D eigenvalue weighted by atomic mass is 10.0. The van der Waals surface area contributed by atoms with Gasteiger partial charge < -0.3 is 4.90 Å². The molecule has 0 saturated carbocycles. The zero-order valence-corrected chi connectivity index (χ0v) is 19.5. The van der Waals surface area contributed by atoms with E-state index in [0.717, 1.165) is 49.3 Å². The Balaban J connectivity index is 1.55. The first-order chi connectivity index (χ1) is 15.4. The second-order valence-corrected chi connectivity index (χ2v) is 9.43. The number of hydrogen-bond donors (Lipinski definition) is 0. The summed E-state index contributed by atoms with van der Waals surface area (Å²) >= 11 is 0. The van der Waals surface area contributed by atoms with Crippen LogP contribution in [0.3, 0.4) is 0 Å². The fourth-order valence-electron chi connectivity index (χ4n) is 4.74. The minimum atomic E-state index is -0.105. The van der Waals surface area contributed by atoms with Gasteiger partial charge in [-0.15, -0.1) is 0 Å². The molecule has 1 aromatic carbocycles. The summed E-state index contributed by atoms with van der Waals surface area (Å²) in [6.07, 6.45) is 5.21. The highest BCUT2D eigenvalue weighted by Gasteiger charge is 2.34. The monoisotopic (exact) mass is 434 g/mol. The third-order valence-corrected chi connectivity index (χ3v) is 6.63. The molecular formula is C26H34N4O2. The van der Waals surface area contributed by atoms with Gasteiger partial charge in [0.25, 0.3) is 0 Å². The van der Waals surface area contributed by atoms with Crippen molar-refractivity contribution in [3.05, 3.63) is 53.0 Å². The molecule has 0 aliphatic carbocycles. The molecule has 3 heterocycles. The van der Waals surface area contributed by atoms with Gasteiger partial charge in [0, 0.05) is 37.2 Å². The van der Waals surface area contributed by atoms with E-state index < -0.39 is 0 Å². The average Bonchev–Trinajstić information content (AvgIpc) is 3.27. The van der Waals surface area contributed by atoms with Gasteiger partial charge in [-0.25, -0.2) is 9.97 Å². The molecule has 0 radical (unpaired) electrons. The SMILES string of the molecule is Cc1nc([C@@H]2CCCN2C(=O)CCc2ccccc2)nc2c1CCC(=O)N2CCC(C)C. The second-order valence-electron chi connectivity index (χ2n) is 9.43. The van der Waals surface area contributed by atoms with Gasteiger partial charge in [-0.05, 0) is 50.5 Å². The minimum Gasteiger partial charge on any atom is -0.332 e. The molecule has 0 bridgehead atoms. The molecule has 1 fully saturated rings. The molecule has 2 amide bonds. The van der Waals surface area contributed by atoms with Crippen LogP contribution in [-0.2, 0) is 22.4 Å². The number of amides is 2. The molecule has 6 nitrogen and oxygen atoms in total. The van der Waals surface area contributed by atoms with Crippen molar-refractivity contribution in [1.29, 1.82) is 0 Å². The molecule has 32 heavy (non-hydrogen) atoms. The Bertz CT molecular complexity index is 973. The van der Waals surface area contributed by atoms with Crippen LogP contribution in [0, 0.1) is 12.8 Å². The van der Waals surface area contributed by atoms with Crippen LogP contribution in [0.2, 0.25) is 0 Å². The van der Waals surface area contributed by atoms with Crippen molar-refractivity contribution in [2.24, 2.45) is 5.92 Å². The van der Waals surface area contributed by atoms with E-state index in [4.69, 9.17) is 9.97 Å². The van der Waals surface area contributed by atoms with E-state index >= 15 is 0 Å². The standard InChI is InChI=1S/C26H34N4O2/c1-18(2)15-17-30-24(32)14-12-21-19(3)27-25(28-26(21)30)22-10-7-16-29(22)23(31)13-11-20-8-5-4-6-9-20/h4-6,8-9,18,22H,7,10-17H2,1-3H3/t22-/m0/s1. The van der Waals surface area contributed by atoms with Gasteiger partial charge in [-0.2, -0.15) is 0 Å². The number of nitrogens with zero attached hydrogens (tertiary/aromatic N) is 4. The van der Waals surface area contributed by atoms with Crippen LogP contribution in [-0.4, -0.2) is 39.8 Å². The zero-order chi connectivity index (χ0) is 22.7. The molecule has 1 saturated heterocycles. The van der Waals surface area contributed by atoms with Gasteiger partial charge >= 0.3 is 0 Å². The number of rotatable bonds is 7. The Morgan fingerprint density at radius 1 is 1.16 bits per heavy atom. The van der Waals surface area contributed by atoms with Crippen LogP contribution in [0.15, 0.2) is 30.3 Å². The van der Waals surface area contributed by atoms with Gasteiger partial charge in [0.05, 0.1) is 6.04 Å². The molecule has 0 unspecified atom stereocenters. The number of benzene rings is 1. The molecule has 6 heteroatoms. The number of carbonyl (C=O) groups excluding carboxylic acids is 2. The molecule has 2 aliphatic heterocycles. The van der Waals surface area contributed by atoms with Crippen LogP contribution in [0.25, 0.3) is 0 Å². The van der Waals surface area contributed by atoms with Gasteiger partial charge in [-0.3, -0.25) is 14.5 Å². The number of likely N-dealkylation sites (tertiary alicyclic amines) is 1. The third kappa shape index (κ3) is 4.84. The summed E-state index contributed by atoms with van der Waals surface area (Å²) in [7, 11) is 0. The summed E-state index contributed by atoms with van der Waals surface area (Å²) in [4.78, 5) is 39.3. The lowest BCUT2D eigenvalue weighted by Crippen LogP contribution is -2.38. The van der Waals surface area contributed by atoms with Crippen molar-refractivity contribution in [2.75, 3.05) is 18.0 Å². The maximum Gasteiger partial charge on any atom is 0.228 e. The molecule has 1 atom stereocenters. The highest BCUT2D eigenvalue weighted by molar-refractivity contribution is 5.95. The van der Waals surface area contributed by atoms with E-state index in [1.165, 1.54) is 5.56 Å². The lowest BCUT2D eigenvalue weighted by molar-refractivity contribution is -0.132. The highest BCUT2D eigenvalue weighted by atomic mass is 16.2. The molecule has 0 spiro atoms. The van der Waals surface area contributed by atoms with Crippen LogP contribution < -0.4 is 4.90 Å². The van der Waals surface area contributed by atoms with Crippen LogP contribution in [0.4, 0.5) is 5.82 Å². The largest absolute Gasteiger partial charge is 0.332 e. The molecule has 4 rings (SSSR count). The number of aromatic nitrogens is 2. The van der Waals surface area contributed by atoms with Crippen LogP contribution in [0.1, 0.15) is 74.6 Å². The molecular weight excluding hydrogens is 400 g/mol. The summed E-state index contributed by atoms with van der Waals surface area (Å²) in [5.74, 6) is 2.28. The highest BCUT2D eigenvalue weighted by Crippen LogP contribution is 2.35. The normalized spacial score (nSPS) is 18.4. The Hall–Kier alpha value is -2.76. The van der Waals surface area contributed by atoms with E-state index in [9.17, 15) is 9.59 Å². The van der Waals surface area contributed by atoms with E-state index in [1.54, 1.807) is 0 Å². The Labute approximate surface area is 191 Å². The van der Waals surface area contributed by atoms with Gasteiger partial charge in [0.1, 0.15) is 5.82 Å². The van der Waals surface area contributed by atoms with E-state index in [-0.39, 0.29) is 17.9 Å². The molecule has 1 aromatic heterocycles. The quantitative estimate of drug-likeness (QED) is 0.648. The molecule has 170 valence electrons. The predicted octanol–water partition coefficient (Wildman–Crippen LogP) is 4.41.